The first-order valence-corrected chi connectivity index (χ1v) is 16.1. The molecule has 0 spiro atoms. The van der Waals surface area contributed by atoms with Crippen molar-refractivity contribution in [2.75, 3.05) is 0 Å². The molecule has 2 aliphatic heterocycles. The Balaban J connectivity index is 1.36. The van der Waals surface area contributed by atoms with Gasteiger partial charge in [-0.05, 0) is 6.07 Å². The van der Waals surface area contributed by atoms with Crippen LogP contribution < -0.4 is 13.1 Å². The van der Waals surface area contributed by atoms with Gasteiger partial charge in [-0.25, -0.2) is 0 Å². The van der Waals surface area contributed by atoms with Crippen LogP contribution in [-0.2, 0) is 14.9 Å². The fourth-order valence-corrected chi connectivity index (χ4v) is 8.58. The van der Waals surface area contributed by atoms with Crippen LogP contribution in [0.3, 0.4) is 0 Å². The number of aromatic hydroxyl groups is 1. The molecular formula is C30H23BrO5SSe. The van der Waals surface area contributed by atoms with E-state index in [-0.39, 0.29) is 26.5 Å². The fourth-order valence-electron chi connectivity index (χ4n) is 5.03. The summed E-state index contributed by atoms with van der Waals surface area (Å²) in [5, 5.41) is 8.99. The van der Waals surface area contributed by atoms with Crippen molar-refractivity contribution in [2.24, 2.45) is 0 Å². The second kappa shape index (κ2) is 10.4. The van der Waals surface area contributed by atoms with Gasteiger partial charge in [0.05, 0.1) is 0 Å². The maximum atomic E-state index is 13.5. The summed E-state index contributed by atoms with van der Waals surface area (Å²) in [6.07, 6.45) is -0.749. The van der Waals surface area contributed by atoms with Gasteiger partial charge in [0.1, 0.15) is 0 Å². The van der Waals surface area contributed by atoms with E-state index >= 15 is 0 Å². The number of ether oxygens (including phenoxy) is 1. The van der Waals surface area contributed by atoms with E-state index in [0.717, 1.165) is 26.7 Å². The van der Waals surface area contributed by atoms with Crippen LogP contribution in [0.1, 0.15) is 17.5 Å². The zero-order valence-electron chi connectivity index (χ0n) is 20.0. The molecule has 2 bridgehead atoms. The van der Waals surface area contributed by atoms with Crippen LogP contribution in [0.2, 0.25) is 0 Å². The molecule has 2 aliphatic rings. The molecule has 4 aromatic carbocycles. The summed E-state index contributed by atoms with van der Waals surface area (Å²) < 4.78 is 42.0. The van der Waals surface area contributed by atoms with Crippen molar-refractivity contribution in [3.05, 3.63) is 119 Å². The Bertz CT molecular complexity index is 1600. The van der Waals surface area contributed by atoms with Crippen molar-refractivity contribution >= 4 is 61.1 Å². The van der Waals surface area contributed by atoms with Gasteiger partial charge >= 0.3 is 216 Å². The van der Waals surface area contributed by atoms with E-state index in [1.54, 1.807) is 30.3 Å². The van der Waals surface area contributed by atoms with Gasteiger partial charge in [0.15, 0.2) is 0 Å². The molecule has 3 unspecified atom stereocenters. The summed E-state index contributed by atoms with van der Waals surface area (Å²) in [6.45, 7) is 0. The third kappa shape index (κ3) is 5.07. The summed E-state index contributed by atoms with van der Waals surface area (Å²) in [6, 6.07) is 32.5. The van der Waals surface area contributed by atoms with Gasteiger partial charge in [-0.1, -0.05) is 15.9 Å². The van der Waals surface area contributed by atoms with Crippen molar-refractivity contribution in [1.82, 2.24) is 0 Å². The number of phenols is 1. The number of halogens is 1. The molecule has 0 saturated carbocycles. The number of rotatable bonds is 7. The third-order valence-corrected chi connectivity index (χ3v) is 10.9. The monoisotopic (exact) mass is 654 g/mol. The van der Waals surface area contributed by atoms with Crippen LogP contribution in [0.25, 0.3) is 11.1 Å². The Hall–Kier alpha value is -2.87. The summed E-state index contributed by atoms with van der Waals surface area (Å²) in [7, 11) is -3.98. The molecule has 0 aliphatic carbocycles. The van der Waals surface area contributed by atoms with Crippen LogP contribution in [-0.4, -0.2) is 45.9 Å². The summed E-state index contributed by atoms with van der Waals surface area (Å²) >= 11 is 3.54. The first-order chi connectivity index (χ1) is 18.4. The predicted octanol–water partition coefficient (Wildman–Crippen LogP) is 4.67. The van der Waals surface area contributed by atoms with Crippen LogP contribution in [0.4, 0.5) is 0 Å². The normalized spacial score (nSPS) is 20.6. The first-order valence-electron chi connectivity index (χ1n) is 12.1. The minimum absolute atomic E-state index is 0.169. The fraction of sp³-hybridized carbons (Fsp3) is 0.133. The maximum absolute atomic E-state index is 13.5. The second-order valence-electron chi connectivity index (χ2n) is 9.17. The topological polar surface area (TPSA) is 72.8 Å². The quantitative estimate of drug-likeness (QED) is 0.232. The van der Waals surface area contributed by atoms with Gasteiger partial charge in [-0.2, -0.15) is 0 Å². The van der Waals surface area contributed by atoms with E-state index in [1.165, 1.54) is 8.92 Å². The molecule has 8 heteroatoms. The van der Waals surface area contributed by atoms with E-state index in [9.17, 15) is 13.5 Å². The molecule has 0 radical (unpaired) electrons. The van der Waals surface area contributed by atoms with Crippen molar-refractivity contribution in [1.29, 1.82) is 0 Å². The van der Waals surface area contributed by atoms with E-state index in [4.69, 9.17) is 8.92 Å². The summed E-state index contributed by atoms with van der Waals surface area (Å²) in [5.74, 6) is 0.439. The van der Waals surface area contributed by atoms with Crippen LogP contribution in [0.15, 0.2) is 108 Å². The van der Waals surface area contributed by atoms with Crippen LogP contribution in [0, 0.1) is 0 Å². The zero-order valence-corrected chi connectivity index (χ0v) is 24.1. The molecule has 3 atom stereocenters. The number of benzene rings is 4. The molecule has 4 aromatic rings. The van der Waals surface area contributed by atoms with Gasteiger partial charge in [0.25, 0.3) is 0 Å². The van der Waals surface area contributed by atoms with Gasteiger partial charge < -0.3 is 0 Å². The first kappa shape index (κ1) is 25.4. The minimum atomic E-state index is -3.98. The third-order valence-electron chi connectivity index (χ3n) is 6.69. The summed E-state index contributed by atoms with van der Waals surface area (Å²) in [5.41, 5.74) is 3.66. The standard InChI is InChI=1S/C30H23BrO5SSe/c31-21-5-4-6-23(17-21)36-37(33,34)27-18-26-28(19-9-13-22(32)14-10-19)29(30(27)35-26)20-11-15-25(16-12-20)38-24-7-2-1-3-8-24/h1-17,26-27,30,32H,18H2. The number of phenolic OH excluding ortho intramolecular Hbond substituents is 1. The Morgan fingerprint density at radius 2 is 1.47 bits per heavy atom. The Labute approximate surface area is 236 Å². The predicted molar refractivity (Wildman–Crippen MR) is 154 cm³/mol. The van der Waals surface area contributed by atoms with Crippen molar-refractivity contribution in [2.45, 2.75) is 23.9 Å². The number of hydrogen-bond donors (Lipinski definition) is 1. The zero-order chi connectivity index (χ0) is 26.3. The molecule has 1 fully saturated rings. The Morgan fingerprint density at radius 3 is 2.18 bits per heavy atom. The molecule has 1 saturated heterocycles. The number of hydrogen-bond acceptors (Lipinski definition) is 5. The molecule has 5 nitrogen and oxygen atoms in total. The molecule has 6 rings (SSSR count). The van der Waals surface area contributed by atoms with Gasteiger partial charge in [0, 0.05) is 0 Å². The van der Waals surface area contributed by atoms with E-state index < -0.39 is 27.6 Å². The molecular weight excluding hydrogens is 631 g/mol. The van der Waals surface area contributed by atoms with E-state index in [1.807, 2.05) is 36.4 Å². The average Bonchev–Trinajstić information content (AvgIpc) is 3.50. The van der Waals surface area contributed by atoms with E-state index in [0.29, 0.717) is 6.42 Å². The molecule has 38 heavy (non-hydrogen) atoms. The molecule has 1 N–H and O–H groups in total. The SMILES string of the molecule is O=S(=O)(Oc1cccc(Br)c1)C1CC2OC1C(c1ccc([Se]c3ccccc3)cc1)=C2c1ccc(O)cc1. The number of fused-ring (bicyclic) bond motifs is 2. The van der Waals surface area contributed by atoms with Gasteiger partial charge in [-0.15, -0.1) is 0 Å². The van der Waals surface area contributed by atoms with E-state index in [2.05, 4.69) is 52.3 Å². The molecule has 0 aromatic heterocycles. The van der Waals surface area contributed by atoms with Crippen LogP contribution >= 0.6 is 15.9 Å². The molecule has 192 valence electrons. The molecule has 0 amide bonds. The van der Waals surface area contributed by atoms with Gasteiger partial charge in [0.2, 0.25) is 0 Å². The average molecular weight is 654 g/mol. The van der Waals surface area contributed by atoms with Crippen LogP contribution in [0.5, 0.6) is 11.5 Å². The van der Waals surface area contributed by atoms with Crippen molar-refractivity contribution < 1.29 is 22.4 Å². The second-order valence-corrected chi connectivity index (χ2v) is 14.2. The Kier molecular flexibility index (Phi) is 6.93. The van der Waals surface area contributed by atoms with Gasteiger partial charge in [-0.3, -0.25) is 0 Å². The summed E-state index contributed by atoms with van der Waals surface area (Å²) in [4.78, 5) is 0. The molecule has 2 heterocycles. The Morgan fingerprint density at radius 1 is 0.816 bits per heavy atom. The van der Waals surface area contributed by atoms with Crippen molar-refractivity contribution in [3.63, 3.8) is 0 Å². The van der Waals surface area contributed by atoms with Crippen molar-refractivity contribution in [3.8, 4) is 11.5 Å².